The summed E-state index contributed by atoms with van der Waals surface area (Å²) in [6.07, 6.45) is 39.4. The predicted molar refractivity (Wildman–Crippen MR) is 228 cm³/mol. The lowest BCUT2D eigenvalue weighted by atomic mass is 10.0. The van der Waals surface area contributed by atoms with Gasteiger partial charge in [-0.2, -0.15) is 0 Å². The number of quaternary nitrogens is 1. The van der Waals surface area contributed by atoms with Crippen molar-refractivity contribution in [2.75, 3.05) is 47.5 Å². The van der Waals surface area contributed by atoms with E-state index in [0.29, 0.717) is 36.1 Å². The molecule has 0 spiro atoms. The van der Waals surface area contributed by atoms with Crippen LogP contribution in [0, 0.1) is 0 Å². The molecule has 1 rings (SSSR count). The molecular weight excluding hydrogens is 729 g/mol. The van der Waals surface area contributed by atoms with Gasteiger partial charge in [0.25, 0.3) is 0 Å². The summed E-state index contributed by atoms with van der Waals surface area (Å²) in [7, 11) is 1.44. The van der Waals surface area contributed by atoms with Gasteiger partial charge in [-0.05, 0) is 51.4 Å². The van der Waals surface area contributed by atoms with Crippen LogP contribution in [0.15, 0.2) is 36.5 Å². The average Bonchev–Trinajstić information content (AvgIpc) is 3.90. The van der Waals surface area contributed by atoms with Gasteiger partial charge >= 0.3 is 19.8 Å². The number of carbonyl (C=O) groups excluding carboxylic acids is 2. The molecule has 56 heavy (non-hydrogen) atoms. The van der Waals surface area contributed by atoms with Crippen LogP contribution in [0.3, 0.4) is 0 Å². The summed E-state index contributed by atoms with van der Waals surface area (Å²) >= 11 is 0. The van der Waals surface area contributed by atoms with Crippen molar-refractivity contribution in [2.45, 2.75) is 193 Å². The Balaban J connectivity index is 2.31. The number of esters is 2. The normalized spacial score (nSPS) is 17.5. The van der Waals surface area contributed by atoms with Gasteiger partial charge in [-0.3, -0.25) is 18.6 Å². The zero-order chi connectivity index (χ0) is 41.2. The summed E-state index contributed by atoms with van der Waals surface area (Å²) < 4.78 is 40.0. The van der Waals surface area contributed by atoms with Crippen molar-refractivity contribution in [2.24, 2.45) is 0 Å². The van der Waals surface area contributed by atoms with Crippen molar-refractivity contribution in [3.8, 4) is 0 Å². The molecule has 0 amide bonds. The topological polar surface area (TPSA) is 121 Å². The van der Waals surface area contributed by atoms with Gasteiger partial charge < -0.3 is 23.6 Å². The molecule has 0 saturated carbocycles. The summed E-state index contributed by atoms with van der Waals surface area (Å²) in [5, 5.41) is 0. The predicted octanol–water partition coefficient (Wildman–Crippen LogP) is 11.5. The average molecular weight is 813 g/mol. The van der Waals surface area contributed by atoms with Crippen molar-refractivity contribution in [1.29, 1.82) is 0 Å². The molecule has 4 atom stereocenters. The van der Waals surface area contributed by atoms with Gasteiger partial charge in [-0.15, -0.1) is 0 Å². The summed E-state index contributed by atoms with van der Waals surface area (Å²) in [5.74, 6) is -0.867. The first-order valence-corrected chi connectivity index (χ1v) is 23.8. The van der Waals surface area contributed by atoms with Crippen LogP contribution in [0.1, 0.15) is 174 Å². The quantitative estimate of drug-likeness (QED) is 0.0161. The van der Waals surface area contributed by atoms with Crippen molar-refractivity contribution >= 4 is 19.8 Å². The molecule has 0 radical (unpaired) electrons. The Labute approximate surface area is 342 Å². The standard InChI is InChI=1S/C45H82NO9P/c1-6-8-10-12-14-15-16-17-18-19-20-23-28-32-36-45(48)54-41(40-53-56(49,50)52-38-37-46(3,4)5)39-51-44(47)35-31-27-24-21-22-26-30-34-43-42(55-43)33-29-25-13-11-9-7-2/h21,24-26,29-30,41-43H,6-20,22-23,27-28,31-40H2,1-5H3/p+1/b24-21-,29-25-,30-26-/t41-,42?,43?/m1/s1. The van der Waals surface area contributed by atoms with E-state index in [9.17, 15) is 19.0 Å². The Bertz CT molecular complexity index is 1120. The number of epoxide rings is 1. The second kappa shape index (κ2) is 34.1. The Kier molecular flexibility index (Phi) is 31.8. The third-order valence-corrected chi connectivity index (χ3v) is 10.8. The van der Waals surface area contributed by atoms with E-state index in [1.807, 2.05) is 21.1 Å². The molecule has 0 aromatic rings. The zero-order valence-corrected chi connectivity index (χ0v) is 37.2. The lowest BCUT2D eigenvalue weighted by Crippen LogP contribution is -2.37. The first kappa shape index (κ1) is 52.2. The maximum atomic E-state index is 12.7. The Morgan fingerprint density at radius 2 is 1.14 bits per heavy atom. The number of allylic oxidation sites excluding steroid dienone is 4. The van der Waals surface area contributed by atoms with Crippen LogP contribution in [-0.4, -0.2) is 87.1 Å². The van der Waals surface area contributed by atoms with Crippen molar-refractivity contribution in [1.82, 2.24) is 0 Å². The number of phosphoric acid groups is 1. The zero-order valence-electron chi connectivity index (χ0n) is 36.3. The smallest absolute Gasteiger partial charge is 0.462 e. The Morgan fingerprint density at radius 3 is 1.75 bits per heavy atom. The molecular formula is C45H83NO9P+. The molecule has 11 heteroatoms. The molecule has 0 aromatic carbocycles. The number of hydrogen-bond donors (Lipinski definition) is 1. The molecule has 1 aliphatic heterocycles. The number of unbranched alkanes of at least 4 members (excludes halogenated alkanes) is 17. The van der Waals surface area contributed by atoms with E-state index in [-0.39, 0.29) is 26.1 Å². The third-order valence-electron chi connectivity index (χ3n) is 9.83. The molecule has 0 aliphatic carbocycles. The van der Waals surface area contributed by atoms with Gasteiger partial charge in [0.2, 0.25) is 0 Å². The van der Waals surface area contributed by atoms with Gasteiger partial charge in [0.15, 0.2) is 6.10 Å². The van der Waals surface area contributed by atoms with E-state index in [0.717, 1.165) is 44.9 Å². The summed E-state index contributed by atoms with van der Waals surface area (Å²) in [6.45, 7) is 4.32. The lowest BCUT2D eigenvalue weighted by molar-refractivity contribution is -0.870. The summed E-state index contributed by atoms with van der Waals surface area (Å²) in [6, 6.07) is 0. The van der Waals surface area contributed by atoms with Gasteiger partial charge in [-0.1, -0.05) is 147 Å². The fraction of sp³-hybridized carbons (Fsp3) is 0.822. The Hall–Kier alpha value is -1.81. The molecule has 1 fully saturated rings. The minimum absolute atomic E-state index is 0.0216. The van der Waals surface area contributed by atoms with E-state index in [4.69, 9.17) is 23.3 Å². The highest BCUT2D eigenvalue weighted by atomic mass is 31.2. The number of likely N-dealkylation sites (N-methyl/N-ethyl adjacent to an activating group) is 1. The highest BCUT2D eigenvalue weighted by molar-refractivity contribution is 7.47. The first-order chi connectivity index (χ1) is 27.0. The van der Waals surface area contributed by atoms with Crippen LogP contribution in [0.5, 0.6) is 0 Å². The number of phosphoric ester groups is 1. The van der Waals surface area contributed by atoms with E-state index < -0.39 is 32.5 Å². The number of carbonyl (C=O) groups is 2. The summed E-state index contributed by atoms with van der Waals surface area (Å²) in [4.78, 5) is 35.4. The van der Waals surface area contributed by atoms with E-state index in [1.54, 1.807) is 0 Å². The van der Waals surface area contributed by atoms with Gasteiger partial charge in [-0.25, -0.2) is 4.57 Å². The van der Waals surface area contributed by atoms with Gasteiger partial charge in [0, 0.05) is 12.8 Å². The highest BCUT2D eigenvalue weighted by Gasteiger charge is 2.36. The number of nitrogens with zero attached hydrogens (tertiary/aromatic N) is 1. The molecule has 3 unspecified atom stereocenters. The molecule has 1 aliphatic rings. The van der Waals surface area contributed by atoms with Crippen molar-refractivity contribution < 1.29 is 46.8 Å². The monoisotopic (exact) mass is 813 g/mol. The van der Waals surface area contributed by atoms with Crippen molar-refractivity contribution in [3.05, 3.63) is 36.5 Å². The van der Waals surface area contributed by atoms with Crippen LogP contribution in [-0.2, 0) is 37.4 Å². The molecule has 1 heterocycles. The molecule has 326 valence electrons. The van der Waals surface area contributed by atoms with Crippen LogP contribution >= 0.6 is 7.82 Å². The molecule has 10 nitrogen and oxygen atoms in total. The van der Waals surface area contributed by atoms with Crippen molar-refractivity contribution in [3.63, 3.8) is 0 Å². The van der Waals surface area contributed by atoms with Gasteiger partial charge in [0.1, 0.15) is 19.8 Å². The van der Waals surface area contributed by atoms with Crippen LogP contribution in [0.25, 0.3) is 0 Å². The largest absolute Gasteiger partial charge is 0.472 e. The summed E-state index contributed by atoms with van der Waals surface area (Å²) in [5.41, 5.74) is 0. The number of ether oxygens (including phenoxy) is 3. The fourth-order valence-electron chi connectivity index (χ4n) is 6.17. The Morgan fingerprint density at radius 1 is 0.643 bits per heavy atom. The maximum absolute atomic E-state index is 12.7. The van der Waals surface area contributed by atoms with Crippen LogP contribution in [0.2, 0.25) is 0 Å². The van der Waals surface area contributed by atoms with Crippen LogP contribution in [0.4, 0.5) is 0 Å². The highest BCUT2D eigenvalue weighted by Crippen LogP contribution is 2.43. The number of rotatable bonds is 39. The number of hydrogen-bond acceptors (Lipinski definition) is 8. The fourth-order valence-corrected chi connectivity index (χ4v) is 6.91. The third kappa shape index (κ3) is 34.3. The first-order valence-electron chi connectivity index (χ1n) is 22.3. The minimum atomic E-state index is -4.39. The van der Waals surface area contributed by atoms with E-state index >= 15 is 0 Å². The van der Waals surface area contributed by atoms with E-state index in [1.165, 1.54) is 89.9 Å². The molecule has 0 aromatic heterocycles. The maximum Gasteiger partial charge on any atom is 0.472 e. The minimum Gasteiger partial charge on any atom is -0.462 e. The SMILES string of the molecule is CCCCC/C=C\CC1OC1C/C=C\C/C=C\CCCC(=O)OC[C@H](COP(=O)(O)OCC[N+](C)(C)C)OC(=O)CCCCCCCCCCCCCCCC. The lowest BCUT2D eigenvalue weighted by Gasteiger charge is -2.24. The molecule has 0 bridgehead atoms. The molecule has 1 N–H and O–H groups in total. The van der Waals surface area contributed by atoms with Crippen LogP contribution < -0.4 is 0 Å². The second-order valence-electron chi connectivity index (χ2n) is 16.5. The second-order valence-corrected chi connectivity index (χ2v) is 17.9. The van der Waals surface area contributed by atoms with E-state index in [2.05, 4.69) is 50.3 Å². The molecule has 1 saturated heterocycles. The van der Waals surface area contributed by atoms with Gasteiger partial charge in [0.05, 0.1) is 40.0 Å².